The van der Waals surface area contributed by atoms with E-state index in [4.69, 9.17) is 9.79 Å². The van der Waals surface area contributed by atoms with Crippen LogP contribution in [0.4, 0.5) is 4.39 Å². The molecule has 33 heavy (non-hydrogen) atoms. The average Bonchev–Trinajstić information content (AvgIpc) is 2.81. The highest BCUT2D eigenvalue weighted by molar-refractivity contribution is 7.51. The Hall–Kier alpha value is -3.39. The maximum atomic E-state index is 14.9. The molecule has 3 aromatic heterocycles. The van der Waals surface area contributed by atoms with Gasteiger partial charge in [0.2, 0.25) is 0 Å². The Kier molecular flexibility index (Phi) is 6.65. The lowest BCUT2D eigenvalue weighted by molar-refractivity contribution is -0.695. The summed E-state index contributed by atoms with van der Waals surface area (Å²) in [6.45, 7) is 0.773. The Morgan fingerprint density at radius 1 is 0.939 bits per heavy atom. The third kappa shape index (κ3) is 5.70. The van der Waals surface area contributed by atoms with Crippen LogP contribution >= 0.6 is 7.60 Å². The number of halogens is 1. The first-order valence-corrected chi connectivity index (χ1v) is 12.1. The lowest BCUT2D eigenvalue weighted by Gasteiger charge is -2.07. The Labute approximate surface area is 189 Å². The third-order valence-electron chi connectivity index (χ3n) is 5.17. The number of aromatic nitrogens is 4. The molecule has 10 heteroatoms. The van der Waals surface area contributed by atoms with Crippen molar-refractivity contribution >= 4 is 24.9 Å². The highest BCUT2D eigenvalue weighted by Gasteiger charge is 2.16. The fraction of sp³-hybridized carbons (Fsp3) is 0.174. The number of nitrogens with zero attached hydrogens (tertiary/aromatic N) is 4. The van der Waals surface area contributed by atoms with Crippen LogP contribution in [-0.4, -0.2) is 32.2 Å². The van der Waals surface area contributed by atoms with Gasteiger partial charge in [-0.25, -0.2) is 18.5 Å². The molecule has 0 saturated heterocycles. The molecule has 3 heterocycles. The predicted octanol–water partition coefficient (Wildman–Crippen LogP) is 2.44. The first-order valence-electron chi connectivity index (χ1n) is 10.3. The number of pyridine rings is 2. The molecule has 0 aliphatic rings. The summed E-state index contributed by atoms with van der Waals surface area (Å²) in [5.74, 6) is -0.484. The van der Waals surface area contributed by atoms with Crippen LogP contribution in [0.25, 0.3) is 33.4 Å². The van der Waals surface area contributed by atoms with E-state index in [2.05, 4.69) is 9.97 Å². The SMILES string of the molecule is O=CCC[n+]1ccc(-c2cc(F)c3nc(-c4cc[n+](CCP(=O)(O)O)cc4)cnc3c2)cc1. The average molecular weight is 468 g/mol. The van der Waals surface area contributed by atoms with E-state index in [0.717, 1.165) is 11.8 Å². The number of aryl methyl sites for hydroxylation is 2. The van der Waals surface area contributed by atoms with Crippen molar-refractivity contribution < 1.29 is 32.7 Å². The standard InChI is InChI=1S/C23H20FN4O4P/c24-20-14-19(17-2-7-27(8-3-17)6-1-12-29)15-21-23(20)26-22(16-25-21)18-4-9-28(10-5-18)11-13-33(30,31)32/h2-5,7-10,12,14-16H,1,6,11,13H2/p+2. The predicted molar refractivity (Wildman–Crippen MR) is 118 cm³/mol. The number of carbonyl (C=O) groups is 1. The smallest absolute Gasteiger partial charge is 0.324 e. The summed E-state index contributed by atoms with van der Waals surface area (Å²) in [4.78, 5) is 37.4. The normalized spacial score (nSPS) is 11.6. The molecule has 0 aliphatic carbocycles. The maximum Gasteiger partial charge on any atom is 0.331 e. The van der Waals surface area contributed by atoms with Gasteiger partial charge < -0.3 is 14.6 Å². The second-order valence-electron chi connectivity index (χ2n) is 7.57. The van der Waals surface area contributed by atoms with Gasteiger partial charge in [-0.05, 0) is 23.3 Å². The highest BCUT2D eigenvalue weighted by Crippen LogP contribution is 2.33. The minimum atomic E-state index is -4.07. The first kappa shape index (κ1) is 22.8. The minimum Gasteiger partial charge on any atom is -0.324 e. The molecule has 0 fully saturated rings. The van der Waals surface area contributed by atoms with Crippen LogP contribution in [0.15, 0.2) is 67.4 Å². The Bertz CT molecular complexity index is 1340. The van der Waals surface area contributed by atoms with E-state index in [1.807, 2.05) is 29.1 Å². The zero-order chi connectivity index (χ0) is 23.4. The van der Waals surface area contributed by atoms with Crippen LogP contribution in [0.1, 0.15) is 6.42 Å². The van der Waals surface area contributed by atoms with Crippen molar-refractivity contribution in [3.63, 3.8) is 0 Å². The topological polar surface area (TPSA) is 108 Å². The van der Waals surface area contributed by atoms with Gasteiger partial charge >= 0.3 is 7.60 Å². The van der Waals surface area contributed by atoms with Crippen molar-refractivity contribution in [2.75, 3.05) is 6.16 Å². The molecule has 1 aromatic carbocycles. The lowest BCUT2D eigenvalue weighted by Crippen LogP contribution is -2.34. The molecule has 8 nitrogen and oxygen atoms in total. The molecule has 0 saturated carbocycles. The van der Waals surface area contributed by atoms with Crippen molar-refractivity contribution in [2.24, 2.45) is 0 Å². The van der Waals surface area contributed by atoms with Crippen LogP contribution in [0.5, 0.6) is 0 Å². The second kappa shape index (κ2) is 9.62. The van der Waals surface area contributed by atoms with Crippen molar-refractivity contribution in [3.05, 3.63) is 73.2 Å². The van der Waals surface area contributed by atoms with Crippen molar-refractivity contribution in [1.82, 2.24) is 9.97 Å². The van der Waals surface area contributed by atoms with Gasteiger partial charge in [-0.15, -0.1) is 0 Å². The summed E-state index contributed by atoms with van der Waals surface area (Å²) in [6.07, 6.45) is 9.68. The molecule has 0 bridgehead atoms. The Morgan fingerprint density at radius 2 is 1.58 bits per heavy atom. The molecule has 0 spiro atoms. The van der Waals surface area contributed by atoms with E-state index in [1.54, 1.807) is 41.4 Å². The fourth-order valence-corrected chi connectivity index (χ4v) is 3.89. The lowest BCUT2D eigenvalue weighted by atomic mass is 10.1. The third-order valence-corrected chi connectivity index (χ3v) is 5.95. The molecule has 4 aromatic rings. The zero-order valence-electron chi connectivity index (χ0n) is 17.6. The van der Waals surface area contributed by atoms with E-state index in [1.165, 1.54) is 6.07 Å². The number of benzene rings is 1. The summed E-state index contributed by atoms with van der Waals surface area (Å²) in [5.41, 5.74) is 3.29. The number of fused-ring (bicyclic) bond motifs is 1. The Balaban J connectivity index is 1.58. The molecule has 0 amide bonds. The summed E-state index contributed by atoms with van der Waals surface area (Å²) in [6, 6.07) is 10.4. The van der Waals surface area contributed by atoms with Gasteiger partial charge in [0, 0.05) is 29.8 Å². The van der Waals surface area contributed by atoms with Gasteiger partial charge in [0.15, 0.2) is 43.7 Å². The number of aldehydes is 1. The minimum absolute atomic E-state index is 0.159. The van der Waals surface area contributed by atoms with Crippen molar-refractivity contribution in [3.8, 4) is 22.4 Å². The number of carbonyl (C=O) groups excluding carboxylic acids is 1. The van der Waals surface area contributed by atoms with E-state index in [9.17, 15) is 13.8 Å². The summed E-state index contributed by atoms with van der Waals surface area (Å²) >= 11 is 0. The molecule has 0 aliphatic heterocycles. The van der Waals surface area contributed by atoms with Crippen LogP contribution < -0.4 is 9.13 Å². The maximum absolute atomic E-state index is 14.9. The van der Waals surface area contributed by atoms with E-state index >= 15 is 0 Å². The molecule has 4 rings (SSSR count). The molecule has 0 atom stereocenters. The number of hydrogen-bond donors (Lipinski definition) is 2. The van der Waals surface area contributed by atoms with Gasteiger partial charge in [-0.2, -0.15) is 0 Å². The largest absolute Gasteiger partial charge is 0.331 e. The second-order valence-corrected chi connectivity index (χ2v) is 9.35. The van der Waals surface area contributed by atoms with Crippen molar-refractivity contribution in [2.45, 2.75) is 19.5 Å². The molecule has 0 radical (unpaired) electrons. The van der Waals surface area contributed by atoms with Gasteiger partial charge in [0.25, 0.3) is 0 Å². The van der Waals surface area contributed by atoms with Crippen molar-refractivity contribution in [1.29, 1.82) is 0 Å². The molecular weight excluding hydrogens is 446 g/mol. The molecule has 0 unspecified atom stereocenters. The van der Waals surface area contributed by atoms with Crippen LogP contribution in [0.3, 0.4) is 0 Å². The molecule has 2 N–H and O–H groups in total. The van der Waals surface area contributed by atoms with E-state index in [-0.39, 0.29) is 18.2 Å². The van der Waals surface area contributed by atoms with Gasteiger partial charge in [0.1, 0.15) is 18.0 Å². The van der Waals surface area contributed by atoms with Gasteiger partial charge in [0.05, 0.1) is 23.8 Å². The van der Waals surface area contributed by atoms with Gasteiger partial charge in [-0.1, -0.05) is 0 Å². The van der Waals surface area contributed by atoms with Crippen LogP contribution in [-0.2, 0) is 22.4 Å². The summed E-state index contributed by atoms with van der Waals surface area (Å²) < 4.78 is 29.5. The zero-order valence-corrected chi connectivity index (χ0v) is 18.5. The number of hydrogen-bond acceptors (Lipinski definition) is 4. The van der Waals surface area contributed by atoms with Gasteiger partial charge in [-0.3, -0.25) is 9.55 Å². The highest BCUT2D eigenvalue weighted by atomic mass is 31.2. The number of rotatable bonds is 8. The van der Waals surface area contributed by atoms with Crippen LogP contribution in [0.2, 0.25) is 0 Å². The fourth-order valence-electron chi connectivity index (χ4n) is 3.40. The quantitative estimate of drug-likeness (QED) is 0.234. The van der Waals surface area contributed by atoms with E-state index in [0.29, 0.717) is 35.3 Å². The molecule has 168 valence electrons. The molecular formula is C23H22FN4O4P+2. The first-order chi connectivity index (χ1) is 15.8. The van der Waals surface area contributed by atoms with E-state index < -0.39 is 13.4 Å². The summed E-state index contributed by atoms with van der Waals surface area (Å²) in [7, 11) is -4.07. The monoisotopic (exact) mass is 468 g/mol. The van der Waals surface area contributed by atoms with Crippen LogP contribution in [0, 0.1) is 5.82 Å². The summed E-state index contributed by atoms with van der Waals surface area (Å²) in [5, 5.41) is 0. The Morgan fingerprint density at radius 3 is 2.21 bits per heavy atom.